The Balaban J connectivity index is 1.26. The summed E-state index contributed by atoms with van der Waals surface area (Å²) >= 11 is 0. The molecule has 3 fully saturated rings. The van der Waals surface area contributed by atoms with E-state index in [0.717, 1.165) is 59.2 Å². The number of nitrogens with zero attached hydrogens (tertiary/aromatic N) is 4. The molecular formula is C27H31N5O. The van der Waals surface area contributed by atoms with E-state index in [0.29, 0.717) is 24.5 Å². The lowest BCUT2D eigenvalue weighted by Crippen LogP contribution is -2.38. The van der Waals surface area contributed by atoms with Crippen molar-refractivity contribution in [1.29, 1.82) is 0 Å². The van der Waals surface area contributed by atoms with E-state index >= 15 is 0 Å². The smallest absolute Gasteiger partial charge is 0.226 e. The molecule has 6 heteroatoms. The maximum absolute atomic E-state index is 13.3. The Morgan fingerprint density at radius 2 is 1.73 bits per heavy atom. The Morgan fingerprint density at radius 1 is 0.909 bits per heavy atom. The molecule has 2 aromatic heterocycles. The maximum Gasteiger partial charge on any atom is 0.226 e. The van der Waals surface area contributed by atoms with Crippen molar-refractivity contribution in [2.45, 2.75) is 76.4 Å². The molecule has 3 aliphatic rings. The van der Waals surface area contributed by atoms with Crippen LogP contribution in [-0.4, -0.2) is 37.8 Å². The highest BCUT2D eigenvalue weighted by molar-refractivity contribution is 5.92. The van der Waals surface area contributed by atoms with Gasteiger partial charge in [0.2, 0.25) is 5.91 Å². The molecule has 1 aromatic carbocycles. The van der Waals surface area contributed by atoms with Gasteiger partial charge in [-0.05, 0) is 73.9 Å². The van der Waals surface area contributed by atoms with Crippen molar-refractivity contribution in [3.05, 3.63) is 48.5 Å². The van der Waals surface area contributed by atoms with Crippen molar-refractivity contribution in [1.82, 2.24) is 19.9 Å². The Bertz CT molecular complexity index is 1160. The number of aromatic nitrogens is 3. The first-order valence-electron chi connectivity index (χ1n) is 12.5. The average molecular weight is 442 g/mol. The standard InChI is InChI=1S/C27H31N5O/c33-27(18-4-2-1-3-5-18)32(23-9-10-23)16-22-14-20(12-13-28-22)19-6-11-25-24(15-19)26(30-17-29-25)31-21-7-8-21/h6,11-15,17-18,21,23H,1-5,7-10,16H2,(H,29,30,31). The van der Waals surface area contributed by atoms with Gasteiger partial charge in [0.15, 0.2) is 0 Å². The molecule has 0 saturated heterocycles. The molecule has 0 atom stereocenters. The Kier molecular flexibility index (Phi) is 5.44. The summed E-state index contributed by atoms with van der Waals surface area (Å²) in [5.74, 6) is 1.47. The highest BCUT2D eigenvalue weighted by Crippen LogP contribution is 2.34. The normalized spacial score (nSPS) is 18.9. The van der Waals surface area contributed by atoms with E-state index < -0.39 is 0 Å². The van der Waals surface area contributed by atoms with Crippen LogP contribution in [0.3, 0.4) is 0 Å². The van der Waals surface area contributed by atoms with Gasteiger partial charge < -0.3 is 10.2 Å². The van der Waals surface area contributed by atoms with Gasteiger partial charge in [-0.15, -0.1) is 0 Å². The number of benzene rings is 1. The molecule has 0 unspecified atom stereocenters. The van der Waals surface area contributed by atoms with E-state index in [9.17, 15) is 4.79 Å². The van der Waals surface area contributed by atoms with Gasteiger partial charge >= 0.3 is 0 Å². The predicted molar refractivity (Wildman–Crippen MR) is 130 cm³/mol. The summed E-state index contributed by atoms with van der Waals surface area (Å²) in [7, 11) is 0. The Hall–Kier alpha value is -3.02. The summed E-state index contributed by atoms with van der Waals surface area (Å²) < 4.78 is 0. The van der Waals surface area contributed by atoms with Crippen LogP contribution < -0.4 is 5.32 Å². The number of rotatable bonds is 7. The second-order valence-corrected chi connectivity index (χ2v) is 9.94. The fourth-order valence-electron chi connectivity index (χ4n) is 5.05. The molecule has 0 aliphatic heterocycles. The van der Waals surface area contributed by atoms with Crippen LogP contribution in [0.25, 0.3) is 22.0 Å². The predicted octanol–water partition coefficient (Wildman–Crippen LogP) is 5.34. The third-order valence-corrected chi connectivity index (χ3v) is 7.26. The number of amides is 1. The molecular weight excluding hydrogens is 410 g/mol. The van der Waals surface area contributed by atoms with Crippen molar-refractivity contribution in [2.24, 2.45) is 5.92 Å². The van der Waals surface area contributed by atoms with E-state index in [1.54, 1.807) is 6.33 Å². The number of carbonyl (C=O) groups is 1. The van der Waals surface area contributed by atoms with Gasteiger partial charge in [-0.3, -0.25) is 9.78 Å². The molecule has 0 bridgehead atoms. The highest BCUT2D eigenvalue weighted by atomic mass is 16.2. The third-order valence-electron chi connectivity index (χ3n) is 7.26. The number of hydrogen-bond acceptors (Lipinski definition) is 5. The van der Waals surface area contributed by atoms with E-state index in [-0.39, 0.29) is 5.92 Å². The first-order chi connectivity index (χ1) is 16.2. The monoisotopic (exact) mass is 441 g/mol. The van der Waals surface area contributed by atoms with Crippen LogP contribution in [0, 0.1) is 5.92 Å². The molecule has 1 N–H and O–H groups in total. The van der Waals surface area contributed by atoms with Gasteiger partial charge in [0.1, 0.15) is 12.1 Å². The van der Waals surface area contributed by atoms with E-state index in [2.05, 4.69) is 49.4 Å². The van der Waals surface area contributed by atoms with Crippen LogP contribution >= 0.6 is 0 Å². The summed E-state index contributed by atoms with van der Waals surface area (Å²) in [6.07, 6.45) is 13.9. The van der Waals surface area contributed by atoms with Crippen LogP contribution in [0.2, 0.25) is 0 Å². The molecule has 6 nitrogen and oxygen atoms in total. The summed E-state index contributed by atoms with van der Waals surface area (Å²) in [5.41, 5.74) is 4.15. The molecule has 1 amide bonds. The van der Waals surface area contributed by atoms with Crippen molar-refractivity contribution in [2.75, 3.05) is 5.32 Å². The lowest BCUT2D eigenvalue weighted by Gasteiger charge is -2.29. The number of anilines is 1. The molecule has 0 spiro atoms. The lowest BCUT2D eigenvalue weighted by atomic mass is 9.88. The van der Waals surface area contributed by atoms with Gasteiger partial charge in [0.05, 0.1) is 17.8 Å². The second-order valence-electron chi connectivity index (χ2n) is 9.94. The van der Waals surface area contributed by atoms with Crippen molar-refractivity contribution in [3.63, 3.8) is 0 Å². The van der Waals surface area contributed by atoms with Gasteiger partial charge in [-0.2, -0.15) is 0 Å². The molecule has 3 aliphatic carbocycles. The van der Waals surface area contributed by atoms with E-state index in [1.165, 1.54) is 32.1 Å². The molecule has 170 valence electrons. The maximum atomic E-state index is 13.3. The largest absolute Gasteiger partial charge is 0.367 e. The molecule has 0 radical (unpaired) electrons. The Labute approximate surface area is 194 Å². The molecule has 2 heterocycles. The van der Waals surface area contributed by atoms with Crippen molar-refractivity contribution in [3.8, 4) is 11.1 Å². The van der Waals surface area contributed by atoms with Crippen molar-refractivity contribution < 1.29 is 4.79 Å². The summed E-state index contributed by atoms with van der Waals surface area (Å²) in [5, 5.41) is 4.58. The second kappa shape index (κ2) is 8.73. The zero-order valence-corrected chi connectivity index (χ0v) is 19.0. The summed E-state index contributed by atoms with van der Waals surface area (Å²) in [6, 6.07) is 11.5. The van der Waals surface area contributed by atoms with Gasteiger partial charge in [-0.1, -0.05) is 25.3 Å². The van der Waals surface area contributed by atoms with Crippen LogP contribution in [0.1, 0.15) is 63.5 Å². The Morgan fingerprint density at radius 3 is 2.52 bits per heavy atom. The number of hydrogen-bond donors (Lipinski definition) is 1. The fourth-order valence-corrected chi connectivity index (χ4v) is 5.05. The number of fused-ring (bicyclic) bond motifs is 1. The molecule has 6 rings (SSSR count). The lowest BCUT2D eigenvalue weighted by molar-refractivity contribution is -0.137. The molecule has 3 saturated carbocycles. The van der Waals surface area contributed by atoms with Gasteiger partial charge in [-0.25, -0.2) is 9.97 Å². The van der Waals surface area contributed by atoms with Crippen LogP contribution in [0.15, 0.2) is 42.9 Å². The van der Waals surface area contributed by atoms with E-state index in [1.807, 2.05) is 12.3 Å². The quantitative estimate of drug-likeness (QED) is 0.536. The fraction of sp³-hybridized carbons (Fsp3) is 0.481. The van der Waals surface area contributed by atoms with Crippen LogP contribution in [0.4, 0.5) is 5.82 Å². The zero-order valence-electron chi connectivity index (χ0n) is 19.0. The van der Waals surface area contributed by atoms with Crippen LogP contribution in [0.5, 0.6) is 0 Å². The van der Waals surface area contributed by atoms with Crippen LogP contribution in [-0.2, 0) is 11.3 Å². The van der Waals surface area contributed by atoms with Gasteiger partial charge in [0.25, 0.3) is 0 Å². The van der Waals surface area contributed by atoms with E-state index in [4.69, 9.17) is 0 Å². The topological polar surface area (TPSA) is 71.0 Å². The first-order valence-corrected chi connectivity index (χ1v) is 12.5. The SMILES string of the molecule is O=C(C1CCCCC1)N(Cc1cc(-c2ccc3ncnc(NC4CC4)c3c2)ccn1)C1CC1. The molecule has 3 aromatic rings. The summed E-state index contributed by atoms with van der Waals surface area (Å²) in [6.45, 7) is 0.610. The minimum absolute atomic E-state index is 0.209. The number of nitrogens with one attached hydrogen (secondary N) is 1. The highest BCUT2D eigenvalue weighted by Gasteiger charge is 2.36. The average Bonchev–Trinajstić information content (AvgIpc) is 3.78. The first kappa shape index (κ1) is 20.6. The third kappa shape index (κ3) is 4.56. The zero-order chi connectivity index (χ0) is 22.2. The van der Waals surface area contributed by atoms with Gasteiger partial charge in [0, 0.05) is 29.6 Å². The molecule has 33 heavy (non-hydrogen) atoms. The minimum atomic E-state index is 0.209. The summed E-state index contributed by atoms with van der Waals surface area (Å²) in [4.78, 5) is 29.0. The number of pyridine rings is 1. The minimum Gasteiger partial charge on any atom is -0.367 e. The number of carbonyl (C=O) groups excluding carboxylic acids is 1. The van der Waals surface area contributed by atoms with Crippen molar-refractivity contribution >= 4 is 22.6 Å².